The van der Waals surface area contributed by atoms with Gasteiger partial charge in [-0.25, -0.2) is 0 Å². The first-order valence-electron chi connectivity index (χ1n) is 6.63. The summed E-state index contributed by atoms with van der Waals surface area (Å²) in [5.41, 5.74) is 0.380. The van der Waals surface area contributed by atoms with E-state index >= 15 is 0 Å². The first-order chi connectivity index (χ1) is 9.74. The fraction of sp³-hybridized carbons (Fsp3) is 0.357. The van der Waals surface area contributed by atoms with Crippen molar-refractivity contribution in [3.63, 3.8) is 0 Å². The van der Waals surface area contributed by atoms with E-state index in [1.807, 2.05) is 31.4 Å². The highest BCUT2D eigenvalue weighted by molar-refractivity contribution is 7.09. The lowest BCUT2D eigenvalue weighted by Crippen LogP contribution is -2.30. The van der Waals surface area contributed by atoms with Crippen LogP contribution in [0, 0.1) is 0 Å². The van der Waals surface area contributed by atoms with Crippen LogP contribution in [-0.4, -0.2) is 34.1 Å². The Labute approximate surface area is 122 Å². The van der Waals surface area contributed by atoms with Gasteiger partial charge in [0.2, 0.25) is 0 Å². The standard InChI is InChI=1S/C14H18N4OS/c1-3-15-13-8-7-12(16-17-13)14(19)18(4-2)10-11-6-5-9-20-11/h5-9H,3-4,10H2,1-2H3,(H,15,17). The topological polar surface area (TPSA) is 58.1 Å². The second-order valence-electron chi connectivity index (χ2n) is 4.23. The number of rotatable bonds is 6. The maximum Gasteiger partial charge on any atom is 0.274 e. The number of hydrogen-bond donors (Lipinski definition) is 1. The summed E-state index contributed by atoms with van der Waals surface area (Å²) in [6.07, 6.45) is 0. The molecule has 6 heteroatoms. The van der Waals surface area contributed by atoms with E-state index in [1.165, 1.54) is 0 Å². The van der Waals surface area contributed by atoms with Crippen molar-refractivity contribution in [1.82, 2.24) is 15.1 Å². The number of thiophene rings is 1. The van der Waals surface area contributed by atoms with Gasteiger partial charge in [0, 0.05) is 18.0 Å². The van der Waals surface area contributed by atoms with Crippen molar-refractivity contribution in [1.29, 1.82) is 0 Å². The molecule has 0 aliphatic rings. The number of amides is 1. The van der Waals surface area contributed by atoms with Gasteiger partial charge in [0.25, 0.3) is 5.91 Å². The molecule has 20 heavy (non-hydrogen) atoms. The number of carbonyl (C=O) groups excluding carboxylic acids is 1. The Balaban J connectivity index is 2.07. The van der Waals surface area contributed by atoms with Gasteiger partial charge in [-0.3, -0.25) is 4.79 Å². The molecule has 0 fully saturated rings. The monoisotopic (exact) mass is 290 g/mol. The molecule has 1 amide bonds. The van der Waals surface area contributed by atoms with E-state index in [0.717, 1.165) is 11.4 Å². The number of carbonyl (C=O) groups is 1. The van der Waals surface area contributed by atoms with Crippen molar-refractivity contribution in [3.8, 4) is 0 Å². The molecule has 0 saturated heterocycles. The minimum atomic E-state index is -0.0866. The Kier molecular flexibility index (Phi) is 5.06. The quantitative estimate of drug-likeness (QED) is 0.888. The Hall–Kier alpha value is -1.95. The van der Waals surface area contributed by atoms with E-state index in [-0.39, 0.29) is 5.91 Å². The zero-order chi connectivity index (χ0) is 14.4. The highest BCUT2D eigenvalue weighted by atomic mass is 32.1. The van der Waals surface area contributed by atoms with E-state index in [4.69, 9.17) is 0 Å². The van der Waals surface area contributed by atoms with Crippen LogP contribution in [0.1, 0.15) is 29.2 Å². The largest absolute Gasteiger partial charge is 0.369 e. The number of anilines is 1. The summed E-state index contributed by atoms with van der Waals surface area (Å²) >= 11 is 1.65. The predicted octanol–water partition coefficient (Wildman–Crippen LogP) is 2.63. The molecule has 5 nitrogen and oxygen atoms in total. The molecule has 0 aromatic carbocycles. The van der Waals surface area contributed by atoms with Crippen molar-refractivity contribution >= 4 is 23.1 Å². The van der Waals surface area contributed by atoms with Crippen LogP contribution in [0.4, 0.5) is 5.82 Å². The van der Waals surface area contributed by atoms with Crippen LogP contribution in [0.2, 0.25) is 0 Å². The normalized spacial score (nSPS) is 10.3. The first kappa shape index (κ1) is 14.5. The predicted molar refractivity (Wildman–Crippen MR) is 80.9 cm³/mol. The summed E-state index contributed by atoms with van der Waals surface area (Å²) in [4.78, 5) is 15.3. The molecule has 2 aromatic rings. The summed E-state index contributed by atoms with van der Waals surface area (Å²) < 4.78 is 0. The Morgan fingerprint density at radius 3 is 2.70 bits per heavy atom. The molecule has 0 aliphatic heterocycles. The molecule has 2 aromatic heterocycles. The van der Waals surface area contributed by atoms with Gasteiger partial charge in [0.05, 0.1) is 6.54 Å². The van der Waals surface area contributed by atoms with Gasteiger partial charge >= 0.3 is 0 Å². The summed E-state index contributed by atoms with van der Waals surface area (Å²) in [5, 5.41) is 13.1. The number of aromatic nitrogens is 2. The van der Waals surface area contributed by atoms with Crippen LogP contribution in [0.5, 0.6) is 0 Å². The first-order valence-corrected chi connectivity index (χ1v) is 7.51. The van der Waals surface area contributed by atoms with E-state index < -0.39 is 0 Å². The van der Waals surface area contributed by atoms with Gasteiger partial charge in [-0.1, -0.05) is 6.07 Å². The number of nitrogens with one attached hydrogen (secondary N) is 1. The number of hydrogen-bond acceptors (Lipinski definition) is 5. The smallest absolute Gasteiger partial charge is 0.274 e. The summed E-state index contributed by atoms with van der Waals surface area (Å²) in [7, 11) is 0. The lowest BCUT2D eigenvalue weighted by Gasteiger charge is -2.19. The van der Waals surface area contributed by atoms with Gasteiger partial charge in [-0.05, 0) is 37.4 Å². The maximum absolute atomic E-state index is 12.4. The van der Waals surface area contributed by atoms with Crippen molar-refractivity contribution in [2.75, 3.05) is 18.4 Å². The molecule has 2 rings (SSSR count). The second kappa shape index (κ2) is 7.00. The SMILES string of the molecule is CCNc1ccc(C(=O)N(CC)Cc2cccs2)nn1. The van der Waals surface area contributed by atoms with Crippen molar-refractivity contribution in [2.45, 2.75) is 20.4 Å². The van der Waals surface area contributed by atoms with Gasteiger partial charge < -0.3 is 10.2 Å². The second-order valence-corrected chi connectivity index (χ2v) is 5.27. The van der Waals surface area contributed by atoms with Crippen molar-refractivity contribution < 1.29 is 4.79 Å². The van der Waals surface area contributed by atoms with Gasteiger partial charge in [-0.2, -0.15) is 0 Å². The minimum absolute atomic E-state index is 0.0866. The molecule has 0 aliphatic carbocycles. The third-order valence-corrected chi connectivity index (χ3v) is 3.70. The van der Waals surface area contributed by atoms with Gasteiger partial charge in [0.1, 0.15) is 5.82 Å². The highest BCUT2D eigenvalue weighted by Gasteiger charge is 2.16. The Bertz CT molecular complexity index is 539. The van der Waals surface area contributed by atoms with Crippen molar-refractivity contribution in [2.24, 2.45) is 0 Å². The molecule has 2 heterocycles. The lowest BCUT2D eigenvalue weighted by molar-refractivity contribution is 0.0747. The molecule has 0 saturated carbocycles. The Morgan fingerprint density at radius 1 is 1.30 bits per heavy atom. The van der Waals surface area contributed by atoms with Crippen LogP contribution < -0.4 is 5.32 Å². The van der Waals surface area contributed by atoms with Crippen LogP contribution in [0.15, 0.2) is 29.6 Å². The molecule has 1 N–H and O–H groups in total. The summed E-state index contributed by atoms with van der Waals surface area (Å²) in [5.74, 6) is 0.599. The Morgan fingerprint density at radius 2 is 2.15 bits per heavy atom. The van der Waals surface area contributed by atoms with Crippen LogP contribution >= 0.6 is 11.3 Å². The third-order valence-electron chi connectivity index (χ3n) is 2.84. The maximum atomic E-state index is 12.4. The third kappa shape index (κ3) is 3.54. The molecule has 0 spiro atoms. The molecule has 106 valence electrons. The zero-order valence-corrected chi connectivity index (χ0v) is 12.5. The zero-order valence-electron chi connectivity index (χ0n) is 11.7. The van der Waals surface area contributed by atoms with Crippen LogP contribution in [-0.2, 0) is 6.54 Å². The van der Waals surface area contributed by atoms with Gasteiger partial charge in [-0.15, -0.1) is 21.5 Å². The molecule has 0 unspecified atom stereocenters. The fourth-order valence-corrected chi connectivity index (χ4v) is 2.52. The lowest BCUT2D eigenvalue weighted by atomic mass is 10.3. The average molecular weight is 290 g/mol. The molecular weight excluding hydrogens is 272 g/mol. The average Bonchev–Trinajstić information content (AvgIpc) is 2.98. The van der Waals surface area contributed by atoms with Crippen LogP contribution in [0.25, 0.3) is 0 Å². The van der Waals surface area contributed by atoms with E-state index in [0.29, 0.717) is 24.6 Å². The van der Waals surface area contributed by atoms with E-state index in [2.05, 4.69) is 15.5 Å². The van der Waals surface area contributed by atoms with E-state index in [9.17, 15) is 4.79 Å². The summed E-state index contributed by atoms with van der Waals surface area (Å²) in [6.45, 7) is 5.99. The minimum Gasteiger partial charge on any atom is -0.369 e. The molecule has 0 atom stereocenters. The fourth-order valence-electron chi connectivity index (χ4n) is 1.80. The van der Waals surface area contributed by atoms with Crippen molar-refractivity contribution in [3.05, 3.63) is 40.2 Å². The summed E-state index contributed by atoms with van der Waals surface area (Å²) in [6, 6.07) is 7.51. The number of nitrogens with zero attached hydrogens (tertiary/aromatic N) is 3. The highest BCUT2D eigenvalue weighted by Crippen LogP contribution is 2.13. The van der Waals surface area contributed by atoms with E-state index in [1.54, 1.807) is 28.4 Å². The molecule has 0 bridgehead atoms. The molecule has 0 radical (unpaired) electrons. The molecular formula is C14H18N4OS. The van der Waals surface area contributed by atoms with Crippen LogP contribution in [0.3, 0.4) is 0 Å². The van der Waals surface area contributed by atoms with Gasteiger partial charge in [0.15, 0.2) is 5.69 Å².